The fraction of sp³-hybridized carbons (Fsp3) is 0.750. The molecule has 0 aromatic carbocycles. The molecule has 2 aliphatic rings. The van der Waals surface area contributed by atoms with E-state index in [1.165, 1.54) is 4.90 Å². The van der Waals surface area contributed by atoms with Crippen LogP contribution in [0.2, 0.25) is 0 Å². The molecule has 0 aliphatic carbocycles. The van der Waals surface area contributed by atoms with Gasteiger partial charge in [-0.05, 0) is 6.42 Å². The van der Waals surface area contributed by atoms with Gasteiger partial charge >= 0.3 is 12.0 Å². The van der Waals surface area contributed by atoms with Crippen molar-refractivity contribution in [1.82, 2.24) is 15.1 Å². The van der Waals surface area contributed by atoms with Crippen molar-refractivity contribution in [3.05, 3.63) is 0 Å². The number of amides is 3. The second kappa shape index (κ2) is 6.56. The second-order valence-corrected chi connectivity index (χ2v) is 4.94. The van der Waals surface area contributed by atoms with Gasteiger partial charge in [-0.15, -0.1) is 0 Å². The molecule has 0 radical (unpaired) electrons. The van der Waals surface area contributed by atoms with E-state index < -0.39 is 12.1 Å². The number of carbonyl (C=O) groups excluding carboxylic acids is 2. The van der Waals surface area contributed by atoms with E-state index in [0.29, 0.717) is 26.2 Å². The van der Waals surface area contributed by atoms with Crippen LogP contribution in [0.25, 0.3) is 0 Å². The Hall–Kier alpha value is -1.83. The largest absolute Gasteiger partial charge is 0.481 e. The number of nitrogens with zero attached hydrogens (tertiary/aromatic N) is 2. The van der Waals surface area contributed by atoms with Gasteiger partial charge in [0.1, 0.15) is 6.54 Å². The number of ether oxygens (including phenoxy) is 1. The first-order valence-electron chi connectivity index (χ1n) is 6.70. The molecule has 2 aliphatic heterocycles. The molecule has 0 bridgehead atoms. The van der Waals surface area contributed by atoms with Crippen LogP contribution < -0.4 is 5.32 Å². The van der Waals surface area contributed by atoms with Gasteiger partial charge in [0.05, 0.1) is 19.1 Å². The molecule has 2 fully saturated rings. The maximum Gasteiger partial charge on any atom is 0.320 e. The zero-order valence-corrected chi connectivity index (χ0v) is 11.2. The molecule has 8 nitrogen and oxygen atoms in total. The number of hydrogen-bond donors (Lipinski definition) is 2. The molecule has 2 heterocycles. The van der Waals surface area contributed by atoms with E-state index in [1.54, 1.807) is 4.90 Å². The number of carboxylic acids is 1. The third-order valence-electron chi connectivity index (χ3n) is 3.34. The van der Waals surface area contributed by atoms with Crippen LogP contribution in [0.5, 0.6) is 0 Å². The number of aliphatic carboxylic acids is 1. The Morgan fingerprint density at radius 3 is 2.90 bits per heavy atom. The summed E-state index contributed by atoms with van der Waals surface area (Å²) in [6.45, 7) is 2.16. The Morgan fingerprint density at radius 2 is 2.15 bits per heavy atom. The summed E-state index contributed by atoms with van der Waals surface area (Å²) in [6.07, 6.45) is 0.121. The average Bonchev–Trinajstić information content (AvgIpc) is 2.62. The van der Waals surface area contributed by atoms with Gasteiger partial charge in [0.15, 0.2) is 0 Å². The predicted molar refractivity (Wildman–Crippen MR) is 68.2 cm³/mol. The lowest BCUT2D eigenvalue weighted by Gasteiger charge is -2.35. The van der Waals surface area contributed by atoms with Crippen molar-refractivity contribution in [1.29, 1.82) is 0 Å². The monoisotopic (exact) mass is 285 g/mol. The van der Waals surface area contributed by atoms with Gasteiger partial charge in [0.25, 0.3) is 0 Å². The molecule has 1 unspecified atom stereocenters. The highest BCUT2D eigenvalue weighted by Gasteiger charge is 2.30. The number of nitrogens with one attached hydrogen (secondary N) is 1. The van der Waals surface area contributed by atoms with Crippen LogP contribution in [0.15, 0.2) is 0 Å². The first-order valence-corrected chi connectivity index (χ1v) is 6.70. The van der Waals surface area contributed by atoms with E-state index in [2.05, 4.69) is 5.32 Å². The van der Waals surface area contributed by atoms with E-state index in [9.17, 15) is 14.4 Å². The van der Waals surface area contributed by atoms with Gasteiger partial charge < -0.3 is 25.0 Å². The molecular weight excluding hydrogens is 266 g/mol. The van der Waals surface area contributed by atoms with Gasteiger partial charge in [-0.3, -0.25) is 9.59 Å². The van der Waals surface area contributed by atoms with Gasteiger partial charge in [0, 0.05) is 26.2 Å². The molecule has 0 aromatic rings. The van der Waals surface area contributed by atoms with Crippen LogP contribution in [0.4, 0.5) is 4.79 Å². The average molecular weight is 285 g/mol. The van der Waals surface area contributed by atoms with E-state index in [0.717, 1.165) is 6.42 Å². The molecular formula is C12H19N3O5. The number of morpholine rings is 1. The zero-order valence-electron chi connectivity index (χ0n) is 11.2. The van der Waals surface area contributed by atoms with Crippen molar-refractivity contribution in [2.45, 2.75) is 18.9 Å². The quantitative estimate of drug-likeness (QED) is 0.685. The molecule has 3 amide bonds. The minimum atomic E-state index is -0.946. The highest BCUT2D eigenvalue weighted by molar-refractivity contribution is 5.84. The number of hydrogen-bond acceptors (Lipinski definition) is 4. The predicted octanol–water partition coefficient (Wildman–Crippen LogP) is -0.896. The van der Waals surface area contributed by atoms with Crippen molar-refractivity contribution in [3.8, 4) is 0 Å². The van der Waals surface area contributed by atoms with Crippen molar-refractivity contribution < 1.29 is 24.2 Å². The van der Waals surface area contributed by atoms with Crippen LogP contribution in [-0.2, 0) is 14.3 Å². The minimum absolute atomic E-state index is 0.0553. The van der Waals surface area contributed by atoms with Crippen LogP contribution >= 0.6 is 0 Å². The zero-order chi connectivity index (χ0) is 14.5. The number of urea groups is 1. The van der Waals surface area contributed by atoms with Crippen LogP contribution in [-0.4, -0.2) is 78.2 Å². The Kier molecular flexibility index (Phi) is 4.78. The van der Waals surface area contributed by atoms with Crippen molar-refractivity contribution >= 4 is 17.9 Å². The lowest BCUT2D eigenvalue weighted by atomic mass is 10.2. The molecule has 2 saturated heterocycles. The molecule has 0 spiro atoms. The first-order chi connectivity index (χ1) is 9.56. The van der Waals surface area contributed by atoms with Gasteiger partial charge in [-0.1, -0.05) is 0 Å². The standard InChI is InChI=1S/C12H19N3O5/c16-10-8-14(3-1-2-13-10)12(19)15-4-5-20-9(7-15)6-11(17)18/h9H,1-8H2,(H,13,16)(H,17,18). The van der Waals surface area contributed by atoms with Gasteiger partial charge in [-0.25, -0.2) is 4.79 Å². The highest BCUT2D eigenvalue weighted by Crippen LogP contribution is 2.12. The summed E-state index contributed by atoms with van der Waals surface area (Å²) in [5.41, 5.74) is 0. The molecule has 1 atom stereocenters. The summed E-state index contributed by atoms with van der Waals surface area (Å²) in [5.74, 6) is -1.11. The molecule has 8 heteroatoms. The lowest BCUT2D eigenvalue weighted by Crippen LogP contribution is -2.52. The van der Waals surface area contributed by atoms with Crippen molar-refractivity contribution in [2.24, 2.45) is 0 Å². The van der Waals surface area contributed by atoms with Gasteiger partial charge in [0.2, 0.25) is 5.91 Å². The summed E-state index contributed by atoms with van der Waals surface area (Å²) in [6, 6.07) is -0.222. The van der Waals surface area contributed by atoms with E-state index >= 15 is 0 Å². The van der Waals surface area contributed by atoms with Crippen LogP contribution in [0, 0.1) is 0 Å². The second-order valence-electron chi connectivity index (χ2n) is 4.94. The molecule has 2 N–H and O–H groups in total. The summed E-state index contributed by atoms with van der Waals surface area (Å²) in [4.78, 5) is 37.6. The van der Waals surface area contributed by atoms with Gasteiger partial charge in [-0.2, -0.15) is 0 Å². The van der Waals surface area contributed by atoms with Crippen molar-refractivity contribution in [3.63, 3.8) is 0 Å². The molecule has 0 saturated carbocycles. The topological polar surface area (TPSA) is 99.2 Å². The third-order valence-corrected chi connectivity index (χ3v) is 3.34. The molecule has 2 rings (SSSR count). The molecule has 20 heavy (non-hydrogen) atoms. The number of carbonyl (C=O) groups is 3. The van der Waals surface area contributed by atoms with E-state index in [-0.39, 0.29) is 31.4 Å². The Labute approximate surface area is 116 Å². The number of rotatable bonds is 2. The number of carboxylic acid groups (broad SMARTS) is 1. The SMILES string of the molecule is O=C(O)CC1CN(C(=O)N2CCCNC(=O)C2)CCO1. The molecule has 0 aromatic heterocycles. The summed E-state index contributed by atoms with van der Waals surface area (Å²) >= 11 is 0. The summed E-state index contributed by atoms with van der Waals surface area (Å²) < 4.78 is 5.33. The summed E-state index contributed by atoms with van der Waals surface area (Å²) in [5, 5.41) is 11.5. The lowest BCUT2D eigenvalue weighted by molar-refractivity contribution is -0.141. The summed E-state index contributed by atoms with van der Waals surface area (Å²) in [7, 11) is 0. The van der Waals surface area contributed by atoms with Crippen LogP contribution in [0.1, 0.15) is 12.8 Å². The maximum absolute atomic E-state index is 12.4. The van der Waals surface area contributed by atoms with E-state index in [4.69, 9.17) is 9.84 Å². The Morgan fingerprint density at radius 1 is 1.35 bits per heavy atom. The smallest absolute Gasteiger partial charge is 0.320 e. The maximum atomic E-state index is 12.4. The third kappa shape index (κ3) is 3.83. The fourth-order valence-electron chi connectivity index (χ4n) is 2.38. The fourth-order valence-corrected chi connectivity index (χ4v) is 2.38. The highest BCUT2D eigenvalue weighted by atomic mass is 16.5. The van der Waals surface area contributed by atoms with E-state index in [1.807, 2.05) is 0 Å². The minimum Gasteiger partial charge on any atom is -0.481 e. The van der Waals surface area contributed by atoms with Crippen LogP contribution in [0.3, 0.4) is 0 Å². The molecule has 112 valence electrons. The first kappa shape index (κ1) is 14.6. The Bertz CT molecular complexity index is 401. The normalized spacial score (nSPS) is 24.0. The van der Waals surface area contributed by atoms with Crippen molar-refractivity contribution in [2.75, 3.05) is 39.3 Å². The Balaban J connectivity index is 1.93.